The molecule has 1 fully saturated rings. The number of pyridine rings is 1. The summed E-state index contributed by atoms with van der Waals surface area (Å²) in [5.41, 5.74) is 5.83. The number of H-pyrrole nitrogens is 1. The van der Waals surface area contributed by atoms with Gasteiger partial charge in [0.05, 0.1) is 0 Å². The van der Waals surface area contributed by atoms with Crippen LogP contribution >= 0.6 is 0 Å². The van der Waals surface area contributed by atoms with Crippen molar-refractivity contribution < 1.29 is 0 Å². The Morgan fingerprint density at radius 1 is 1.42 bits per heavy atom. The van der Waals surface area contributed by atoms with E-state index in [1.807, 2.05) is 37.4 Å². The van der Waals surface area contributed by atoms with Gasteiger partial charge in [0.1, 0.15) is 5.82 Å². The van der Waals surface area contributed by atoms with Crippen LogP contribution in [0.25, 0.3) is 10.8 Å². The van der Waals surface area contributed by atoms with Crippen LogP contribution in [0.3, 0.4) is 0 Å². The van der Waals surface area contributed by atoms with E-state index < -0.39 is 0 Å². The molecule has 1 aliphatic carbocycles. The van der Waals surface area contributed by atoms with Crippen molar-refractivity contribution in [2.75, 3.05) is 18.5 Å². The third-order valence-electron chi connectivity index (χ3n) is 4.02. The first-order chi connectivity index (χ1) is 9.20. The van der Waals surface area contributed by atoms with Gasteiger partial charge in [-0.1, -0.05) is 18.2 Å². The van der Waals surface area contributed by atoms with Gasteiger partial charge in [0.15, 0.2) is 0 Å². The molecule has 1 heterocycles. The lowest BCUT2D eigenvalue weighted by molar-refractivity contribution is 0.566. The van der Waals surface area contributed by atoms with Gasteiger partial charge in [-0.2, -0.15) is 0 Å². The number of benzene rings is 1. The molecule has 1 aromatic carbocycles. The second-order valence-corrected chi connectivity index (χ2v) is 5.32. The average molecular weight is 257 g/mol. The van der Waals surface area contributed by atoms with Gasteiger partial charge in [0.25, 0.3) is 5.56 Å². The fourth-order valence-corrected chi connectivity index (χ4v) is 2.71. The van der Waals surface area contributed by atoms with Crippen LogP contribution in [-0.2, 0) is 0 Å². The van der Waals surface area contributed by atoms with E-state index in [0.717, 1.165) is 16.6 Å². The molecule has 4 nitrogen and oxygen atoms in total. The van der Waals surface area contributed by atoms with Crippen LogP contribution in [0, 0.1) is 5.92 Å². The molecule has 3 N–H and O–H groups in total. The van der Waals surface area contributed by atoms with Crippen molar-refractivity contribution in [3.63, 3.8) is 0 Å². The van der Waals surface area contributed by atoms with Gasteiger partial charge in [-0.05, 0) is 36.3 Å². The van der Waals surface area contributed by atoms with Gasteiger partial charge in [-0.25, -0.2) is 0 Å². The number of nitrogens with zero attached hydrogens (tertiary/aromatic N) is 1. The van der Waals surface area contributed by atoms with Gasteiger partial charge in [0.2, 0.25) is 0 Å². The van der Waals surface area contributed by atoms with Crippen molar-refractivity contribution in [1.82, 2.24) is 4.98 Å². The number of hydrogen-bond acceptors (Lipinski definition) is 3. The molecule has 1 aromatic heterocycles. The monoisotopic (exact) mass is 257 g/mol. The van der Waals surface area contributed by atoms with Crippen LogP contribution in [0.4, 0.5) is 5.82 Å². The van der Waals surface area contributed by atoms with Crippen molar-refractivity contribution >= 4 is 16.6 Å². The van der Waals surface area contributed by atoms with Gasteiger partial charge in [0, 0.05) is 25.0 Å². The Kier molecular flexibility index (Phi) is 3.03. The summed E-state index contributed by atoms with van der Waals surface area (Å²) in [7, 11) is 2.01. The molecule has 0 bridgehead atoms. The van der Waals surface area contributed by atoms with E-state index in [-0.39, 0.29) is 5.56 Å². The largest absolute Gasteiger partial charge is 0.357 e. The number of anilines is 1. The van der Waals surface area contributed by atoms with Crippen molar-refractivity contribution in [2.45, 2.75) is 18.9 Å². The summed E-state index contributed by atoms with van der Waals surface area (Å²) in [5.74, 6) is 1.52. The van der Waals surface area contributed by atoms with Crippen molar-refractivity contribution in [2.24, 2.45) is 11.7 Å². The highest BCUT2D eigenvalue weighted by molar-refractivity contribution is 5.83. The summed E-state index contributed by atoms with van der Waals surface area (Å²) < 4.78 is 0. The molecule has 1 unspecified atom stereocenters. The average Bonchev–Trinajstić information content (AvgIpc) is 3.24. The fourth-order valence-electron chi connectivity index (χ4n) is 2.71. The highest BCUT2D eigenvalue weighted by atomic mass is 16.1. The predicted octanol–water partition coefficient (Wildman–Crippen LogP) is 1.70. The third kappa shape index (κ3) is 2.24. The highest BCUT2D eigenvalue weighted by Crippen LogP contribution is 2.35. The maximum atomic E-state index is 12.1. The molecule has 1 aliphatic rings. The zero-order valence-electron chi connectivity index (χ0n) is 11.1. The molecule has 19 heavy (non-hydrogen) atoms. The van der Waals surface area contributed by atoms with E-state index in [9.17, 15) is 4.79 Å². The first-order valence-electron chi connectivity index (χ1n) is 6.75. The van der Waals surface area contributed by atoms with Crippen molar-refractivity contribution in [3.8, 4) is 0 Å². The van der Waals surface area contributed by atoms with E-state index in [0.29, 0.717) is 18.5 Å². The van der Waals surface area contributed by atoms with Crippen LogP contribution in [0.2, 0.25) is 0 Å². The maximum Gasteiger partial charge on any atom is 0.257 e. The Labute approximate surface area is 112 Å². The lowest BCUT2D eigenvalue weighted by Crippen LogP contribution is -2.40. The Bertz CT molecular complexity index is 645. The fraction of sp³-hybridized carbons (Fsp3) is 0.400. The van der Waals surface area contributed by atoms with Crippen LogP contribution < -0.4 is 16.2 Å². The van der Waals surface area contributed by atoms with Crippen molar-refractivity contribution in [1.29, 1.82) is 0 Å². The van der Waals surface area contributed by atoms with Crippen LogP contribution in [0.15, 0.2) is 35.1 Å². The first kappa shape index (κ1) is 12.2. The molecule has 1 saturated carbocycles. The lowest BCUT2D eigenvalue weighted by Gasteiger charge is -2.28. The van der Waals surface area contributed by atoms with E-state index in [2.05, 4.69) is 9.88 Å². The Hall–Kier alpha value is -1.81. The normalized spacial score (nSPS) is 16.5. The number of likely N-dealkylation sites (N-methyl/N-ethyl adjacent to an activating group) is 1. The molecule has 0 radical (unpaired) electrons. The number of aromatic amines is 1. The number of fused-ring (bicyclic) bond motifs is 1. The molecule has 100 valence electrons. The summed E-state index contributed by atoms with van der Waals surface area (Å²) >= 11 is 0. The second kappa shape index (κ2) is 4.70. The van der Waals surface area contributed by atoms with Crippen LogP contribution in [0.1, 0.15) is 12.8 Å². The Morgan fingerprint density at radius 2 is 2.16 bits per heavy atom. The Balaban J connectivity index is 2.02. The summed E-state index contributed by atoms with van der Waals surface area (Å²) in [6, 6.07) is 10.00. The molecular formula is C15H19N3O. The minimum absolute atomic E-state index is 0.0356. The maximum absolute atomic E-state index is 12.1. The smallest absolute Gasteiger partial charge is 0.257 e. The molecule has 1 atom stereocenters. The zero-order valence-corrected chi connectivity index (χ0v) is 11.1. The van der Waals surface area contributed by atoms with E-state index in [1.165, 1.54) is 12.8 Å². The van der Waals surface area contributed by atoms with Gasteiger partial charge in [-0.3, -0.25) is 4.79 Å². The van der Waals surface area contributed by atoms with Gasteiger partial charge in [-0.15, -0.1) is 0 Å². The molecule has 2 aromatic rings. The van der Waals surface area contributed by atoms with Gasteiger partial charge < -0.3 is 15.6 Å². The molecule has 3 rings (SSSR count). The molecular weight excluding hydrogens is 238 g/mol. The number of nitrogens with two attached hydrogens (primary N) is 1. The summed E-state index contributed by atoms with van der Waals surface area (Å²) in [4.78, 5) is 17.2. The lowest BCUT2D eigenvalue weighted by atomic mass is 10.1. The predicted molar refractivity (Wildman–Crippen MR) is 78.5 cm³/mol. The second-order valence-electron chi connectivity index (χ2n) is 5.32. The third-order valence-corrected chi connectivity index (χ3v) is 4.02. The molecule has 0 amide bonds. The number of nitrogens with one attached hydrogen (secondary N) is 1. The standard InChI is InChI=1S/C15H19N3O/c1-18(13(9-16)10-6-7-10)14-8-11-4-2-3-5-12(11)15(19)17-14/h2-5,8,10,13H,6-7,9,16H2,1H3,(H,17,19). The van der Waals surface area contributed by atoms with E-state index >= 15 is 0 Å². The number of aromatic nitrogens is 1. The number of hydrogen-bond donors (Lipinski definition) is 2. The topological polar surface area (TPSA) is 62.1 Å². The molecule has 0 aliphatic heterocycles. The summed E-state index contributed by atoms with van der Waals surface area (Å²) in [6.45, 7) is 0.621. The quantitative estimate of drug-likeness (QED) is 0.876. The Morgan fingerprint density at radius 3 is 2.84 bits per heavy atom. The zero-order chi connectivity index (χ0) is 13.4. The summed E-state index contributed by atoms with van der Waals surface area (Å²) in [5, 5.41) is 1.70. The molecule has 4 heteroatoms. The minimum atomic E-state index is -0.0356. The van der Waals surface area contributed by atoms with E-state index in [1.54, 1.807) is 0 Å². The highest BCUT2D eigenvalue weighted by Gasteiger charge is 2.33. The van der Waals surface area contributed by atoms with Crippen molar-refractivity contribution in [3.05, 3.63) is 40.7 Å². The minimum Gasteiger partial charge on any atom is -0.357 e. The molecule has 0 spiro atoms. The SMILES string of the molecule is CN(c1cc2ccccc2c(=O)[nH]1)C(CN)C1CC1. The molecule has 0 saturated heterocycles. The summed E-state index contributed by atoms with van der Waals surface area (Å²) in [6.07, 6.45) is 2.48. The first-order valence-corrected chi connectivity index (χ1v) is 6.75. The number of rotatable bonds is 4. The van der Waals surface area contributed by atoms with E-state index in [4.69, 9.17) is 5.73 Å². The van der Waals surface area contributed by atoms with Crippen LogP contribution in [-0.4, -0.2) is 24.6 Å². The van der Waals surface area contributed by atoms with Crippen LogP contribution in [0.5, 0.6) is 0 Å². The van der Waals surface area contributed by atoms with Gasteiger partial charge >= 0.3 is 0 Å².